The summed E-state index contributed by atoms with van der Waals surface area (Å²) in [6, 6.07) is 12.8. The summed E-state index contributed by atoms with van der Waals surface area (Å²) in [5, 5.41) is 6.18. The van der Waals surface area contributed by atoms with Gasteiger partial charge in [0.1, 0.15) is 0 Å². The van der Waals surface area contributed by atoms with Gasteiger partial charge in [0.2, 0.25) is 0 Å². The molecule has 1 aromatic heterocycles. The van der Waals surface area contributed by atoms with E-state index in [2.05, 4.69) is 15.6 Å². The lowest BCUT2D eigenvalue weighted by molar-refractivity contribution is -0.136. The molecule has 3 rings (SSSR count). The predicted octanol–water partition coefficient (Wildman–Crippen LogP) is 2.48. The molecule has 3 N–H and O–H groups in total. The van der Waals surface area contributed by atoms with E-state index in [1.54, 1.807) is 32.4 Å². The lowest BCUT2D eigenvalue weighted by Gasteiger charge is -2.10. The van der Waals surface area contributed by atoms with Gasteiger partial charge >= 0.3 is 11.8 Å². The van der Waals surface area contributed by atoms with E-state index >= 15 is 0 Å². The number of aromatic nitrogens is 1. The van der Waals surface area contributed by atoms with E-state index in [4.69, 9.17) is 9.47 Å². The van der Waals surface area contributed by atoms with Crippen LogP contribution in [0, 0.1) is 0 Å². The Labute approximate surface area is 156 Å². The van der Waals surface area contributed by atoms with Crippen LogP contribution in [0.3, 0.4) is 0 Å². The Hall–Kier alpha value is -3.48. The van der Waals surface area contributed by atoms with Crippen LogP contribution in [0.5, 0.6) is 11.5 Å². The molecule has 0 fully saturated rings. The standard InChI is InChI=1S/C20H21N3O4/c1-26-17-6-3-13(11-18(17)27-2)7-9-22-19(24)20(25)23-15-4-5-16-14(12-15)8-10-21-16/h3-6,8,10-12,21H,7,9H2,1-2H3,(H,22,24)(H,23,25). The van der Waals surface area contributed by atoms with E-state index < -0.39 is 11.8 Å². The largest absolute Gasteiger partial charge is 0.493 e. The van der Waals surface area contributed by atoms with Crippen LogP contribution in [-0.4, -0.2) is 37.6 Å². The van der Waals surface area contributed by atoms with Gasteiger partial charge in [-0.3, -0.25) is 9.59 Å². The minimum absolute atomic E-state index is 0.332. The molecular weight excluding hydrogens is 346 g/mol. The highest BCUT2D eigenvalue weighted by atomic mass is 16.5. The first kappa shape index (κ1) is 18.3. The molecule has 3 aromatic rings. The molecule has 0 bridgehead atoms. The number of hydrogen-bond acceptors (Lipinski definition) is 4. The van der Waals surface area contributed by atoms with Crippen LogP contribution >= 0.6 is 0 Å². The molecule has 27 heavy (non-hydrogen) atoms. The summed E-state index contributed by atoms with van der Waals surface area (Å²) in [5.41, 5.74) is 2.50. The van der Waals surface area contributed by atoms with E-state index in [-0.39, 0.29) is 0 Å². The monoisotopic (exact) mass is 367 g/mol. The lowest BCUT2D eigenvalue weighted by Crippen LogP contribution is -2.36. The van der Waals surface area contributed by atoms with Gasteiger partial charge in [0, 0.05) is 29.3 Å². The predicted molar refractivity (Wildman–Crippen MR) is 103 cm³/mol. The number of anilines is 1. The average molecular weight is 367 g/mol. The minimum atomic E-state index is -0.697. The van der Waals surface area contributed by atoms with Crippen molar-refractivity contribution in [3.8, 4) is 11.5 Å². The SMILES string of the molecule is COc1ccc(CCNC(=O)C(=O)Nc2ccc3[nH]ccc3c2)cc1OC. The maximum Gasteiger partial charge on any atom is 0.313 e. The quantitative estimate of drug-likeness (QED) is 0.584. The van der Waals surface area contributed by atoms with Gasteiger partial charge in [0.25, 0.3) is 0 Å². The highest BCUT2D eigenvalue weighted by Gasteiger charge is 2.13. The average Bonchev–Trinajstić information content (AvgIpc) is 3.15. The summed E-state index contributed by atoms with van der Waals surface area (Å²) < 4.78 is 10.4. The first-order valence-corrected chi connectivity index (χ1v) is 8.48. The smallest absolute Gasteiger partial charge is 0.313 e. The van der Waals surface area contributed by atoms with Gasteiger partial charge in [-0.15, -0.1) is 0 Å². The van der Waals surface area contributed by atoms with Crippen molar-refractivity contribution in [3.05, 3.63) is 54.2 Å². The van der Waals surface area contributed by atoms with Crippen molar-refractivity contribution in [2.75, 3.05) is 26.1 Å². The zero-order valence-corrected chi connectivity index (χ0v) is 15.2. The number of H-pyrrole nitrogens is 1. The molecule has 140 valence electrons. The van der Waals surface area contributed by atoms with Gasteiger partial charge in [-0.05, 0) is 48.4 Å². The summed E-state index contributed by atoms with van der Waals surface area (Å²) in [7, 11) is 3.14. The van der Waals surface area contributed by atoms with Crippen molar-refractivity contribution in [1.29, 1.82) is 0 Å². The van der Waals surface area contributed by atoms with Crippen molar-refractivity contribution >= 4 is 28.4 Å². The second-order valence-corrected chi connectivity index (χ2v) is 5.93. The maximum atomic E-state index is 12.0. The Morgan fingerprint density at radius 3 is 2.56 bits per heavy atom. The number of fused-ring (bicyclic) bond motifs is 1. The molecule has 7 nitrogen and oxygen atoms in total. The Balaban J connectivity index is 1.52. The van der Waals surface area contributed by atoms with Crippen molar-refractivity contribution in [3.63, 3.8) is 0 Å². The topological polar surface area (TPSA) is 92.5 Å². The van der Waals surface area contributed by atoms with Gasteiger partial charge in [-0.2, -0.15) is 0 Å². The van der Waals surface area contributed by atoms with Crippen LogP contribution in [0.4, 0.5) is 5.69 Å². The molecule has 0 aliphatic rings. The number of methoxy groups -OCH3 is 2. The number of hydrogen-bond donors (Lipinski definition) is 3. The van der Waals surface area contributed by atoms with E-state index in [0.29, 0.717) is 30.2 Å². The second-order valence-electron chi connectivity index (χ2n) is 5.93. The number of nitrogens with one attached hydrogen (secondary N) is 3. The third kappa shape index (κ3) is 4.38. The number of amides is 2. The Morgan fingerprint density at radius 2 is 1.78 bits per heavy atom. The zero-order chi connectivity index (χ0) is 19.2. The molecule has 2 amide bonds. The van der Waals surface area contributed by atoms with Crippen molar-refractivity contribution in [1.82, 2.24) is 10.3 Å². The van der Waals surface area contributed by atoms with Gasteiger partial charge in [0.15, 0.2) is 11.5 Å². The first-order chi connectivity index (χ1) is 13.1. The van der Waals surface area contributed by atoms with Crippen LogP contribution in [0.2, 0.25) is 0 Å². The Bertz CT molecular complexity index is 965. The molecule has 0 radical (unpaired) electrons. The van der Waals surface area contributed by atoms with Gasteiger partial charge < -0.3 is 25.1 Å². The fourth-order valence-corrected chi connectivity index (χ4v) is 2.76. The summed E-state index contributed by atoms with van der Waals surface area (Å²) in [4.78, 5) is 27.1. The molecule has 0 unspecified atom stereocenters. The normalized spacial score (nSPS) is 10.4. The van der Waals surface area contributed by atoms with Crippen molar-refractivity contribution in [2.45, 2.75) is 6.42 Å². The number of aromatic amines is 1. The lowest BCUT2D eigenvalue weighted by atomic mass is 10.1. The molecule has 0 saturated carbocycles. The Morgan fingerprint density at radius 1 is 0.963 bits per heavy atom. The van der Waals surface area contributed by atoms with Gasteiger partial charge in [-0.25, -0.2) is 0 Å². The number of carbonyl (C=O) groups excluding carboxylic acids is 2. The van der Waals surface area contributed by atoms with Crippen molar-refractivity contribution < 1.29 is 19.1 Å². The molecule has 0 atom stereocenters. The van der Waals surface area contributed by atoms with Gasteiger partial charge in [-0.1, -0.05) is 6.07 Å². The third-order valence-corrected chi connectivity index (χ3v) is 4.16. The molecule has 0 aliphatic carbocycles. The van der Waals surface area contributed by atoms with Crippen LogP contribution in [0.15, 0.2) is 48.7 Å². The van der Waals surface area contributed by atoms with E-state index in [0.717, 1.165) is 16.5 Å². The molecular formula is C20H21N3O4. The van der Waals surface area contributed by atoms with Crippen LogP contribution < -0.4 is 20.1 Å². The number of benzene rings is 2. The first-order valence-electron chi connectivity index (χ1n) is 8.48. The second kappa shape index (κ2) is 8.27. The summed E-state index contributed by atoms with van der Waals surface area (Å²) in [6.45, 7) is 0.332. The highest BCUT2D eigenvalue weighted by molar-refractivity contribution is 6.39. The van der Waals surface area contributed by atoms with Crippen LogP contribution in [-0.2, 0) is 16.0 Å². The molecule has 7 heteroatoms. The molecule has 2 aromatic carbocycles. The number of carbonyl (C=O) groups is 2. The third-order valence-electron chi connectivity index (χ3n) is 4.16. The summed E-state index contributed by atoms with van der Waals surface area (Å²) in [6.07, 6.45) is 2.38. The summed E-state index contributed by atoms with van der Waals surface area (Å²) in [5.74, 6) is -0.106. The number of ether oxygens (including phenoxy) is 2. The zero-order valence-electron chi connectivity index (χ0n) is 15.2. The fourth-order valence-electron chi connectivity index (χ4n) is 2.76. The summed E-state index contributed by atoms with van der Waals surface area (Å²) >= 11 is 0. The molecule has 0 spiro atoms. The Kier molecular flexibility index (Phi) is 5.61. The van der Waals surface area contributed by atoms with Crippen LogP contribution in [0.25, 0.3) is 10.9 Å². The van der Waals surface area contributed by atoms with E-state index in [9.17, 15) is 9.59 Å². The fraction of sp³-hybridized carbons (Fsp3) is 0.200. The minimum Gasteiger partial charge on any atom is -0.493 e. The molecule has 1 heterocycles. The van der Waals surface area contributed by atoms with Crippen LogP contribution in [0.1, 0.15) is 5.56 Å². The van der Waals surface area contributed by atoms with Crippen molar-refractivity contribution in [2.24, 2.45) is 0 Å². The molecule has 0 saturated heterocycles. The van der Waals surface area contributed by atoms with E-state index in [1.165, 1.54) is 0 Å². The molecule has 0 aliphatic heterocycles. The highest BCUT2D eigenvalue weighted by Crippen LogP contribution is 2.27. The number of rotatable bonds is 6. The van der Waals surface area contributed by atoms with Gasteiger partial charge in [0.05, 0.1) is 14.2 Å². The van der Waals surface area contributed by atoms with E-state index in [1.807, 2.05) is 30.5 Å². The maximum absolute atomic E-state index is 12.0.